The Labute approximate surface area is 107 Å². The van der Waals surface area contributed by atoms with Crippen LogP contribution in [0.5, 0.6) is 0 Å². The fourth-order valence-corrected chi connectivity index (χ4v) is 1.82. The van der Waals surface area contributed by atoms with E-state index in [1.54, 1.807) is 0 Å². The predicted molar refractivity (Wildman–Crippen MR) is 73.8 cm³/mol. The molecule has 0 aromatic rings. The molecule has 1 rings (SSSR count). The molecule has 4 nitrogen and oxygen atoms in total. The van der Waals surface area contributed by atoms with Crippen LogP contribution in [0.4, 0.5) is 4.39 Å². The molecule has 0 radical (unpaired) electrons. The minimum Gasteiger partial charge on any atom is -0.383 e. The maximum Gasteiger partial charge on any atom is 0.144 e. The molecule has 0 amide bonds. The maximum absolute atomic E-state index is 13.9. The van der Waals surface area contributed by atoms with Gasteiger partial charge in [0.2, 0.25) is 0 Å². The van der Waals surface area contributed by atoms with Gasteiger partial charge in [0.05, 0.1) is 12.2 Å². The van der Waals surface area contributed by atoms with Crippen molar-refractivity contribution >= 4 is 5.84 Å². The molecule has 18 heavy (non-hydrogen) atoms. The van der Waals surface area contributed by atoms with Crippen LogP contribution in [0.3, 0.4) is 0 Å². The average molecular weight is 252 g/mol. The molecule has 0 saturated heterocycles. The summed E-state index contributed by atoms with van der Waals surface area (Å²) < 4.78 is 13.9. The van der Waals surface area contributed by atoms with Gasteiger partial charge in [0.1, 0.15) is 11.7 Å². The highest BCUT2D eigenvalue weighted by Gasteiger charge is 2.14. The van der Waals surface area contributed by atoms with Crippen LogP contribution < -0.4 is 16.8 Å². The molecule has 2 atom stereocenters. The van der Waals surface area contributed by atoms with E-state index in [0.29, 0.717) is 17.1 Å². The Bertz CT molecular complexity index is 407. The van der Waals surface area contributed by atoms with E-state index in [-0.39, 0.29) is 24.5 Å². The predicted octanol–water partition coefficient (Wildman–Crippen LogP) is 1.37. The highest BCUT2D eigenvalue weighted by Crippen LogP contribution is 2.15. The lowest BCUT2D eigenvalue weighted by Crippen LogP contribution is -2.33. The van der Waals surface area contributed by atoms with Gasteiger partial charge < -0.3 is 16.8 Å². The minimum atomic E-state index is -0.356. The number of hydrogen-bond donors (Lipinski definition) is 3. The number of amidine groups is 1. The lowest BCUT2D eigenvalue weighted by Gasteiger charge is -2.18. The first-order valence-corrected chi connectivity index (χ1v) is 5.99. The van der Waals surface area contributed by atoms with E-state index in [0.717, 1.165) is 6.42 Å². The summed E-state index contributed by atoms with van der Waals surface area (Å²) in [5.74, 6) is -0.0533. The number of halogens is 1. The van der Waals surface area contributed by atoms with Gasteiger partial charge in [-0.1, -0.05) is 12.7 Å². The van der Waals surface area contributed by atoms with Crippen LogP contribution in [0.1, 0.15) is 20.3 Å². The SMILES string of the molecule is C=CC1=CC(F)=C(NC(C)CC(C)N)CN=C1N. The van der Waals surface area contributed by atoms with Crippen LogP contribution in [-0.4, -0.2) is 24.5 Å². The van der Waals surface area contributed by atoms with E-state index in [4.69, 9.17) is 11.5 Å². The van der Waals surface area contributed by atoms with E-state index >= 15 is 0 Å². The lowest BCUT2D eigenvalue weighted by atomic mass is 10.1. The second-order valence-corrected chi connectivity index (χ2v) is 4.59. The molecule has 100 valence electrons. The first-order chi connectivity index (χ1) is 8.43. The van der Waals surface area contributed by atoms with Crippen molar-refractivity contribution in [2.45, 2.75) is 32.4 Å². The van der Waals surface area contributed by atoms with Crippen LogP contribution in [0.15, 0.2) is 40.8 Å². The minimum absolute atomic E-state index is 0.0646. The molecule has 0 bridgehead atoms. The number of nitrogens with zero attached hydrogens (tertiary/aromatic N) is 1. The molecule has 5 heteroatoms. The largest absolute Gasteiger partial charge is 0.383 e. The summed E-state index contributed by atoms with van der Waals surface area (Å²) in [7, 11) is 0. The van der Waals surface area contributed by atoms with Crippen molar-refractivity contribution in [1.82, 2.24) is 5.32 Å². The summed E-state index contributed by atoms with van der Waals surface area (Å²) in [5.41, 5.74) is 12.3. The Morgan fingerprint density at radius 3 is 2.83 bits per heavy atom. The van der Waals surface area contributed by atoms with E-state index in [2.05, 4.69) is 16.9 Å². The van der Waals surface area contributed by atoms with E-state index in [1.807, 2.05) is 13.8 Å². The highest BCUT2D eigenvalue weighted by atomic mass is 19.1. The fourth-order valence-electron chi connectivity index (χ4n) is 1.82. The van der Waals surface area contributed by atoms with Crippen LogP contribution in [-0.2, 0) is 0 Å². The summed E-state index contributed by atoms with van der Waals surface area (Å²) in [4.78, 5) is 4.10. The van der Waals surface area contributed by atoms with Crippen molar-refractivity contribution in [1.29, 1.82) is 0 Å². The molecule has 1 aliphatic rings. The number of nitrogens with two attached hydrogens (primary N) is 2. The Morgan fingerprint density at radius 1 is 1.61 bits per heavy atom. The van der Waals surface area contributed by atoms with Crippen molar-refractivity contribution in [2.75, 3.05) is 6.54 Å². The topological polar surface area (TPSA) is 76.4 Å². The van der Waals surface area contributed by atoms with Crippen LogP contribution in [0.25, 0.3) is 0 Å². The average Bonchev–Trinajstić information content (AvgIpc) is 2.40. The second kappa shape index (κ2) is 6.35. The van der Waals surface area contributed by atoms with Crippen LogP contribution in [0.2, 0.25) is 0 Å². The van der Waals surface area contributed by atoms with E-state index < -0.39 is 0 Å². The number of aliphatic imine (C=N–C) groups is 1. The summed E-state index contributed by atoms with van der Waals surface area (Å²) in [6, 6.07) is 0.149. The van der Waals surface area contributed by atoms with Gasteiger partial charge in [0, 0.05) is 17.7 Å². The fraction of sp³-hybridized carbons (Fsp3) is 0.462. The smallest absolute Gasteiger partial charge is 0.144 e. The molecular formula is C13H21FN4. The summed E-state index contributed by atoms with van der Waals surface area (Å²) in [6.07, 6.45) is 3.60. The number of rotatable bonds is 5. The first kappa shape index (κ1) is 14.4. The van der Waals surface area contributed by atoms with E-state index in [1.165, 1.54) is 12.2 Å². The first-order valence-electron chi connectivity index (χ1n) is 5.99. The Kier molecular flexibility index (Phi) is 5.09. The Balaban J connectivity index is 2.83. The molecule has 0 fully saturated rings. The summed E-state index contributed by atoms with van der Waals surface area (Å²) in [6.45, 7) is 7.66. The van der Waals surface area contributed by atoms with Gasteiger partial charge in [-0.15, -0.1) is 0 Å². The Hall–Kier alpha value is -1.62. The third kappa shape index (κ3) is 4.00. The van der Waals surface area contributed by atoms with E-state index in [9.17, 15) is 4.39 Å². The van der Waals surface area contributed by atoms with Crippen LogP contribution in [0, 0.1) is 0 Å². The molecule has 0 spiro atoms. The quantitative estimate of drug-likeness (QED) is 0.691. The molecule has 0 aromatic carbocycles. The molecule has 0 saturated carbocycles. The molecule has 5 N–H and O–H groups in total. The molecule has 1 aliphatic heterocycles. The third-order valence-electron chi connectivity index (χ3n) is 2.64. The molecular weight excluding hydrogens is 231 g/mol. The van der Waals surface area contributed by atoms with Gasteiger partial charge in [-0.3, -0.25) is 4.99 Å². The zero-order chi connectivity index (χ0) is 13.7. The van der Waals surface area contributed by atoms with Gasteiger partial charge in [0.25, 0.3) is 0 Å². The van der Waals surface area contributed by atoms with Crippen molar-refractivity contribution < 1.29 is 4.39 Å². The van der Waals surface area contributed by atoms with Gasteiger partial charge >= 0.3 is 0 Å². The molecule has 0 aromatic heterocycles. The normalized spacial score (nSPS) is 19.6. The maximum atomic E-state index is 13.9. The summed E-state index contributed by atoms with van der Waals surface area (Å²) in [5, 5.41) is 3.09. The zero-order valence-electron chi connectivity index (χ0n) is 10.9. The highest BCUT2D eigenvalue weighted by molar-refractivity contribution is 6.00. The second-order valence-electron chi connectivity index (χ2n) is 4.59. The van der Waals surface area contributed by atoms with Crippen molar-refractivity contribution in [2.24, 2.45) is 16.5 Å². The monoisotopic (exact) mass is 252 g/mol. The lowest BCUT2D eigenvalue weighted by molar-refractivity contribution is 0.500. The number of allylic oxidation sites excluding steroid dienone is 2. The summed E-state index contributed by atoms with van der Waals surface area (Å²) >= 11 is 0. The standard InChI is InChI=1S/C13H21FN4/c1-4-10-6-11(14)12(7-17-13(10)16)18-9(3)5-8(2)15/h4,6,8-9,18H,1,5,7,15H2,2-3H3,(H2,16,17). The van der Waals surface area contributed by atoms with Crippen molar-refractivity contribution in [3.63, 3.8) is 0 Å². The number of hydrogen-bond acceptors (Lipinski definition) is 4. The zero-order valence-corrected chi connectivity index (χ0v) is 10.9. The van der Waals surface area contributed by atoms with Crippen LogP contribution >= 0.6 is 0 Å². The molecule has 1 heterocycles. The van der Waals surface area contributed by atoms with Gasteiger partial charge in [0.15, 0.2) is 0 Å². The molecule has 0 aliphatic carbocycles. The third-order valence-corrected chi connectivity index (χ3v) is 2.64. The number of nitrogens with one attached hydrogen (secondary N) is 1. The van der Waals surface area contributed by atoms with Gasteiger partial charge in [-0.2, -0.15) is 0 Å². The van der Waals surface area contributed by atoms with Gasteiger partial charge in [-0.25, -0.2) is 4.39 Å². The van der Waals surface area contributed by atoms with Gasteiger partial charge in [-0.05, 0) is 26.3 Å². The molecule has 2 unspecified atom stereocenters. The van der Waals surface area contributed by atoms with Crippen molar-refractivity contribution in [3.05, 3.63) is 35.8 Å². The Morgan fingerprint density at radius 2 is 2.28 bits per heavy atom. The van der Waals surface area contributed by atoms with Crippen molar-refractivity contribution in [3.8, 4) is 0 Å².